The van der Waals surface area contributed by atoms with Crippen molar-refractivity contribution in [3.8, 4) is 0 Å². The van der Waals surface area contributed by atoms with E-state index >= 15 is 0 Å². The Morgan fingerprint density at radius 2 is 2.00 bits per heavy atom. The summed E-state index contributed by atoms with van der Waals surface area (Å²) in [5, 5.41) is 0. The Morgan fingerprint density at radius 3 is 2.67 bits per heavy atom. The summed E-state index contributed by atoms with van der Waals surface area (Å²) in [5.41, 5.74) is 0.378. The highest BCUT2D eigenvalue weighted by atomic mass is 19.4. The molecule has 2 aromatic rings. The number of pyridine rings is 2. The Morgan fingerprint density at radius 1 is 1.27 bits per heavy atom. The van der Waals surface area contributed by atoms with Crippen LogP contribution in [0.4, 0.5) is 13.2 Å². The minimum Gasteiger partial charge on any atom is -0.254 e. The smallest absolute Gasteiger partial charge is 0.254 e. The lowest BCUT2D eigenvalue weighted by Crippen LogP contribution is -2.08. The number of hydrogen-bond donors (Lipinski definition) is 0. The molecule has 0 aromatic carbocycles. The number of alkyl halides is 3. The quantitative estimate of drug-likeness (QED) is 0.670. The number of halogens is 3. The number of hydrogen-bond acceptors (Lipinski definition) is 2. The molecule has 0 fully saturated rings. The fraction of sp³-hybridized carbons (Fsp3) is 0.200. The summed E-state index contributed by atoms with van der Waals surface area (Å²) in [7, 11) is 0. The number of aromatic nitrogens is 2. The van der Waals surface area contributed by atoms with Crippen LogP contribution in [0, 0.1) is 6.92 Å². The fourth-order valence-electron chi connectivity index (χ4n) is 1.37. The van der Waals surface area contributed by atoms with E-state index < -0.39 is 11.9 Å². The summed E-state index contributed by atoms with van der Waals surface area (Å²) in [4.78, 5) is 7.49. The highest BCUT2D eigenvalue weighted by molar-refractivity contribution is 5.77. The molecule has 2 nitrogen and oxygen atoms in total. The number of aryl methyl sites for hydroxylation is 1. The summed E-state index contributed by atoms with van der Waals surface area (Å²) in [6.07, 6.45) is -2.88. The second kappa shape index (κ2) is 3.18. The van der Waals surface area contributed by atoms with Crippen LogP contribution >= 0.6 is 0 Å². The molecule has 5 heteroatoms. The van der Waals surface area contributed by atoms with E-state index in [1.54, 1.807) is 13.0 Å². The lowest BCUT2D eigenvalue weighted by atomic mass is 10.2. The van der Waals surface area contributed by atoms with Gasteiger partial charge >= 0.3 is 6.18 Å². The van der Waals surface area contributed by atoms with E-state index in [1.165, 1.54) is 12.3 Å². The molecule has 2 heterocycles. The number of nitrogens with zero attached hydrogens (tertiary/aromatic N) is 2. The van der Waals surface area contributed by atoms with Gasteiger partial charge in [-0.2, -0.15) is 13.2 Å². The molecular formula is C10H7F3N2. The first-order valence-corrected chi connectivity index (χ1v) is 4.28. The van der Waals surface area contributed by atoms with E-state index in [1.807, 2.05) is 0 Å². The third-order valence-electron chi connectivity index (χ3n) is 2.04. The molecule has 0 saturated heterocycles. The van der Waals surface area contributed by atoms with Crippen LogP contribution in [0.25, 0.3) is 11.0 Å². The van der Waals surface area contributed by atoms with Crippen LogP contribution in [-0.4, -0.2) is 9.97 Å². The first-order valence-electron chi connectivity index (χ1n) is 4.28. The van der Waals surface area contributed by atoms with E-state index in [4.69, 9.17) is 0 Å². The SMILES string of the molecule is Cc1cc(C(F)(F)F)nc2cccnc12. The third kappa shape index (κ3) is 1.77. The molecule has 2 aromatic heterocycles. The minimum absolute atomic E-state index is 0.268. The van der Waals surface area contributed by atoms with Gasteiger partial charge in [0.15, 0.2) is 0 Å². The highest BCUT2D eigenvalue weighted by Crippen LogP contribution is 2.29. The van der Waals surface area contributed by atoms with Gasteiger partial charge in [0.1, 0.15) is 5.69 Å². The van der Waals surface area contributed by atoms with Crippen LogP contribution < -0.4 is 0 Å². The molecule has 0 radical (unpaired) electrons. The zero-order chi connectivity index (χ0) is 11.1. The Hall–Kier alpha value is -1.65. The van der Waals surface area contributed by atoms with E-state index in [-0.39, 0.29) is 5.52 Å². The summed E-state index contributed by atoms with van der Waals surface area (Å²) < 4.78 is 37.2. The molecule has 15 heavy (non-hydrogen) atoms. The standard InChI is InChI=1S/C10H7F3N2/c1-6-5-8(10(11,12)13)15-7-3-2-4-14-9(6)7/h2-5H,1H3. The van der Waals surface area contributed by atoms with Crippen molar-refractivity contribution in [3.05, 3.63) is 35.7 Å². The van der Waals surface area contributed by atoms with Gasteiger partial charge < -0.3 is 0 Å². The van der Waals surface area contributed by atoms with Crippen LogP contribution in [0.3, 0.4) is 0 Å². The molecule has 0 aliphatic heterocycles. The highest BCUT2D eigenvalue weighted by Gasteiger charge is 2.33. The molecular weight excluding hydrogens is 205 g/mol. The summed E-state index contributed by atoms with van der Waals surface area (Å²) in [5.74, 6) is 0. The van der Waals surface area contributed by atoms with Crippen LogP contribution in [0.15, 0.2) is 24.4 Å². The van der Waals surface area contributed by atoms with Crippen LogP contribution in [0.2, 0.25) is 0 Å². The van der Waals surface area contributed by atoms with Crippen molar-refractivity contribution in [1.29, 1.82) is 0 Å². The van der Waals surface area contributed by atoms with Gasteiger partial charge in [-0.1, -0.05) is 0 Å². The predicted octanol–water partition coefficient (Wildman–Crippen LogP) is 2.96. The molecule has 0 aliphatic carbocycles. The Balaban J connectivity index is 2.73. The normalized spacial score (nSPS) is 12.0. The number of rotatable bonds is 0. The number of fused-ring (bicyclic) bond motifs is 1. The maximum absolute atomic E-state index is 12.4. The zero-order valence-electron chi connectivity index (χ0n) is 7.84. The van der Waals surface area contributed by atoms with Gasteiger partial charge in [-0.05, 0) is 30.7 Å². The molecule has 0 bridgehead atoms. The van der Waals surface area contributed by atoms with Gasteiger partial charge in [0.25, 0.3) is 0 Å². The Labute approximate surface area is 83.8 Å². The van der Waals surface area contributed by atoms with E-state index in [0.29, 0.717) is 11.1 Å². The minimum atomic E-state index is -4.41. The first-order chi connectivity index (χ1) is 6.98. The van der Waals surface area contributed by atoms with E-state index in [9.17, 15) is 13.2 Å². The second-order valence-corrected chi connectivity index (χ2v) is 3.19. The summed E-state index contributed by atoms with van der Waals surface area (Å²) in [6, 6.07) is 4.09. The van der Waals surface area contributed by atoms with Crippen molar-refractivity contribution < 1.29 is 13.2 Å². The Kier molecular flexibility index (Phi) is 2.10. The van der Waals surface area contributed by atoms with Gasteiger partial charge in [-0.25, -0.2) is 4.98 Å². The topological polar surface area (TPSA) is 25.8 Å². The van der Waals surface area contributed by atoms with E-state index in [2.05, 4.69) is 9.97 Å². The zero-order valence-corrected chi connectivity index (χ0v) is 7.84. The predicted molar refractivity (Wildman–Crippen MR) is 49.3 cm³/mol. The van der Waals surface area contributed by atoms with Crippen molar-refractivity contribution in [1.82, 2.24) is 9.97 Å². The summed E-state index contributed by atoms with van der Waals surface area (Å²) >= 11 is 0. The van der Waals surface area contributed by atoms with Crippen molar-refractivity contribution in [2.75, 3.05) is 0 Å². The largest absolute Gasteiger partial charge is 0.433 e. The van der Waals surface area contributed by atoms with Crippen LogP contribution in [-0.2, 0) is 6.18 Å². The van der Waals surface area contributed by atoms with Crippen molar-refractivity contribution >= 4 is 11.0 Å². The van der Waals surface area contributed by atoms with Crippen LogP contribution in [0.5, 0.6) is 0 Å². The van der Waals surface area contributed by atoms with Crippen LogP contribution in [0.1, 0.15) is 11.3 Å². The first kappa shape index (κ1) is 9.89. The van der Waals surface area contributed by atoms with Crippen molar-refractivity contribution in [3.63, 3.8) is 0 Å². The average molecular weight is 212 g/mol. The Bertz CT molecular complexity index is 505. The maximum atomic E-state index is 12.4. The molecule has 0 unspecified atom stereocenters. The molecule has 0 amide bonds. The lowest BCUT2D eigenvalue weighted by molar-refractivity contribution is -0.141. The lowest BCUT2D eigenvalue weighted by Gasteiger charge is -2.08. The summed E-state index contributed by atoms with van der Waals surface area (Å²) in [6.45, 7) is 1.59. The fourth-order valence-corrected chi connectivity index (χ4v) is 1.37. The monoisotopic (exact) mass is 212 g/mol. The van der Waals surface area contributed by atoms with Gasteiger partial charge in [-0.15, -0.1) is 0 Å². The average Bonchev–Trinajstić information content (AvgIpc) is 2.16. The molecule has 0 aliphatic rings. The molecule has 0 atom stereocenters. The van der Waals surface area contributed by atoms with Gasteiger partial charge in [0.2, 0.25) is 0 Å². The van der Waals surface area contributed by atoms with Gasteiger partial charge in [0.05, 0.1) is 11.0 Å². The molecule has 0 saturated carbocycles. The molecule has 0 spiro atoms. The molecule has 0 N–H and O–H groups in total. The molecule has 2 rings (SSSR count). The third-order valence-corrected chi connectivity index (χ3v) is 2.04. The maximum Gasteiger partial charge on any atom is 0.433 e. The van der Waals surface area contributed by atoms with Gasteiger partial charge in [-0.3, -0.25) is 4.98 Å². The van der Waals surface area contributed by atoms with E-state index in [0.717, 1.165) is 6.07 Å². The molecule has 78 valence electrons. The second-order valence-electron chi connectivity index (χ2n) is 3.19. The van der Waals surface area contributed by atoms with Gasteiger partial charge in [0, 0.05) is 6.20 Å². The van der Waals surface area contributed by atoms with Crippen molar-refractivity contribution in [2.45, 2.75) is 13.1 Å². The van der Waals surface area contributed by atoms with Crippen molar-refractivity contribution in [2.24, 2.45) is 0 Å².